The Hall–Kier alpha value is -2.38. The molecule has 0 saturated carbocycles. The lowest BCUT2D eigenvalue weighted by atomic mass is 10.1. The zero-order valence-electron chi connectivity index (χ0n) is 15.1. The van der Waals surface area contributed by atoms with Crippen LogP contribution >= 0.6 is 11.6 Å². The summed E-state index contributed by atoms with van der Waals surface area (Å²) in [6.45, 7) is 4.65. The Bertz CT molecular complexity index is 1000. The van der Waals surface area contributed by atoms with E-state index in [1.165, 1.54) is 6.07 Å². The molecule has 0 aliphatic carbocycles. The summed E-state index contributed by atoms with van der Waals surface area (Å²) in [4.78, 5) is 14.4. The van der Waals surface area contributed by atoms with Crippen molar-refractivity contribution in [2.45, 2.75) is 31.7 Å². The summed E-state index contributed by atoms with van der Waals surface area (Å²) in [6.07, 6.45) is 0.843. The van der Waals surface area contributed by atoms with Crippen molar-refractivity contribution in [3.8, 4) is 0 Å². The van der Waals surface area contributed by atoms with Gasteiger partial charge in [-0.15, -0.1) is 4.40 Å². The Labute approximate surface area is 163 Å². The van der Waals surface area contributed by atoms with E-state index in [0.717, 1.165) is 12.0 Å². The summed E-state index contributed by atoms with van der Waals surface area (Å²) in [6, 6.07) is 11.8. The summed E-state index contributed by atoms with van der Waals surface area (Å²) < 4.78 is 28.8. The average molecular weight is 406 g/mol. The number of sulfonamides is 1. The summed E-state index contributed by atoms with van der Waals surface area (Å²) in [5.74, 6) is 0.0838. The second-order valence-corrected chi connectivity index (χ2v) is 8.27. The Kier molecular flexibility index (Phi) is 5.53. The second kappa shape index (κ2) is 7.70. The van der Waals surface area contributed by atoms with Gasteiger partial charge in [-0.3, -0.25) is 4.79 Å². The van der Waals surface area contributed by atoms with Crippen molar-refractivity contribution in [3.05, 3.63) is 58.6 Å². The van der Waals surface area contributed by atoms with Gasteiger partial charge in [0.05, 0.1) is 5.69 Å². The van der Waals surface area contributed by atoms with Crippen LogP contribution in [-0.2, 0) is 16.6 Å². The number of amides is 1. The van der Waals surface area contributed by atoms with E-state index in [9.17, 15) is 13.2 Å². The molecule has 142 valence electrons. The number of nitrogens with zero attached hydrogens (tertiary/aromatic N) is 2. The Morgan fingerprint density at radius 1 is 1.19 bits per heavy atom. The fourth-order valence-electron chi connectivity index (χ4n) is 2.92. The highest BCUT2D eigenvalue weighted by Gasteiger charge is 2.29. The molecule has 3 rings (SSSR count). The zero-order chi connectivity index (χ0) is 19.6. The van der Waals surface area contributed by atoms with Crippen LogP contribution in [0.1, 0.15) is 36.2 Å². The monoisotopic (exact) mass is 405 g/mol. The summed E-state index contributed by atoms with van der Waals surface area (Å²) >= 11 is 5.85. The van der Waals surface area contributed by atoms with Gasteiger partial charge in [0.15, 0.2) is 0 Å². The number of anilines is 1. The first-order chi connectivity index (χ1) is 12.8. The normalized spacial score (nSPS) is 15.1. The highest BCUT2D eigenvalue weighted by Crippen LogP contribution is 2.32. The molecule has 2 aromatic carbocycles. The minimum Gasteiger partial charge on any atom is -0.348 e. The molecule has 0 fully saturated rings. The summed E-state index contributed by atoms with van der Waals surface area (Å²) in [5.41, 5.74) is 1.73. The second-order valence-electron chi connectivity index (χ2n) is 6.26. The van der Waals surface area contributed by atoms with Crippen molar-refractivity contribution >= 4 is 39.1 Å². The van der Waals surface area contributed by atoms with Gasteiger partial charge in [0, 0.05) is 23.7 Å². The molecule has 1 aliphatic heterocycles. The molecule has 0 unspecified atom stereocenters. The van der Waals surface area contributed by atoms with E-state index in [4.69, 9.17) is 11.6 Å². The van der Waals surface area contributed by atoms with Gasteiger partial charge in [-0.05, 0) is 49.2 Å². The van der Waals surface area contributed by atoms with Crippen LogP contribution in [0, 0.1) is 0 Å². The molecule has 0 radical (unpaired) electrons. The largest absolute Gasteiger partial charge is 0.348 e. The molecule has 1 aliphatic rings. The van der Waals surface area contributed by atoms with E-state index < -0.39 is 10.0 Å². The van der Waals surface area contributed by atoms with Crippen LogP contribution in [0.4, 0.5) is 5.69 Å². The van der Waals surface area contributed by atoms with Gasteiger partial charge in [0.2, 0.25) is 0 Å². The number of amidine groups is 1. The molecule has 2 aromatic rings. The molecule has 0 atom stereocenters. The molecule has 6 nitrogen and oxygen atoms in total. The molecule has 1 N–H and O–H groups in total. The van der Waals surface area contributed by atoms with E-state index in [-0.39, 0.29) is 16.4 Å². The summed E-state index contributed by atoms with van der Waals surface area (Å²) in [5, 5.41) is 3.41. The van der Waals surface area contributed by atoms with Crippen molar-refractivity contribution in [2.24, 2.45) is 4.40 Å². The van der Waals surface area contributed by atoms with Crippen LogP contribution in [0.3, 0.4) is 0 Å². The van der Waals surface area contributed by atoms with Crippen molar-refractivity contribution in [3.63, 3.8) is 0 Å². The first-order valence-corrected chi connectivity index (χ1v) is 10.4. The lowest BCUT2D eigenvalue weighted by molar-refractivity contribution is 0.0950. The lowest BCUT2D eigenvalue weighted by Crippen LogP contribution is -2.34. The van der Waals surface area contributed by atoms with Crippen LogP contribution < -0.4 is 10.2 Å². The minimum atomic E-state index is -3.82. The zero-order valence-corrected chi connectivity index (χ0v) is 16.6. The third kappa shape index (κ3) is 4.14. The molecule has 0 spiro atoms. The first kappa shape index (κ1) is 19.4. The van der Waals surface area contributed by atoms with Crippen LogP contribution in [-0.4, -0.2) is 26.7 Å². The number of carbonyl (C=O) groups excluding carboxylic acids is 1. The van der Waals surface area contributed by atoms with Gasteiger partial charge in [-0.1, -0.05) is 30.7 Å². The van der Waals surface area contributed by atoms with Gasteiger partial charge in [-0.2, -0.15) is 8.42 Å². The molecule has 0 saturated heterocycles. The van der Waals surface area contributed by atoms with Crippen LogP contribution in [0.2, 0.25) is 5.02 Å². The number of benzene rings is 2. The predicted molar refractivity (Wildman–Crippen MR) is 107 cm³/mol. The quantitative estimate of drug-likeness (QED) is 0.824. The Balaban J connectivity index is 1.85. The third-order valence-corrected chi connectivity index (χ3v) is 5.89. The van der Waals surface area contributed by atoms with Crippen LogP contribution in [0.25, 0.3) is 0 Å². The maximum absolute atomic E-state index is 12.5. The number of nitrogens with one attached hydrogen (secondary N) is 1. The number of halogens is 1. The highest BCUT2D eigenvalue weighted by atomic mass is 35.5. The predicted octanol–water partition coefficient (Wildman–Crippen LogP) is 3.61. The number of rotatable bonds is 5. The van der Waals surface area contributed by atoms with E-state index in [0.29, 0.717) is 29.6 Å². The highest BCUT2D eigenvalue weighted by molar-refractivity contribution is 7.90. The average Bonchev–Trinajstić information content (AvgIpc) is 2.63. The van der Waals surface area contributed by atoms with E-state index in [1.807, 2.05) is 24.0 Å². The van der Waals surface area contributed by atoms with Gasteiger partial charge in [-0.25, -0.2) is 0 Å². The maximum Gasteiger partial charge on any atom is 0.286 e. The molecule has 0 aromatic heterocycles. The van der Waals surface area contributed by atoms with Gasteiger partial charge in [0.25, 0.3) is 15.9 Å². The fraction of sp³-hybridized carbons (Fsp3) is 0.263. The summed E-state index contributed by atoms with van der Waals surface area (Å²) in [7, 11) is -3.82. The fourth-order valence-corrected chi connectivity index (χ4v) is 4.31. The SMILES string of the molecule is CCCN1C(C)=NS(=O)(=O)c2cc(C(=O)NCc3ccc(Cl)cc3)ccc21. The number of hydrogen-bond acceptors (Lipinski definition) is 4. The van der Waals surface area contributed by atoms with E-state index in [1.54, 1.807) is 31.2 Å². The molecular weight excluding hydrogens is 386 g/mol. The maximum atomic E-state index is 12.5. The Morgan fingerprint density at radius 2 is 1.89 bits per heavy atom. The first-order valence-electron chi connectivity index (χ1n) is 8.57. The molecule has 27 heavy (non-hydrogen) atoms. The molecule has 1 heterocycles. The minimum absolute atomic E-state index is 0.0562. The van der Waals surface area contributed by atoms with Crippen molar-refractivity contribution in [1.82, 2.24) is 5.32 Å². The lowest BCUT2D eigenvalue weighted by Gasteiger charge is -2.29. The topological polar surface area (TPSA) is 78.8 Å². The van der Waals surface area contributed by atoms with Crippen molar-refractivity contribution < 1.29 is 13.2 Å². The van der Waals surface area contributed by atoms with Gasteiger partial charge >= 0.3 is 0 Å². The Morgan fingerprint density at radius 3 is 2.56 bits per heavy atom. The van der Waals surface area contributed by atoms with Gasteiger partial charge < -0.3 is 10.2 Å². The van der Waals surface area contributed by atoms with Gasteiger partial charge in [0.1, 0.15) is 10.7 Å². The van der Waals surface area contributed by atoms with Crippen LogP contribution in [0.5, 0.6) is 0 Å². The van der Waals surface area contributed by atoms with E-state index >= 15 is 0 Å². The van der Waals surface area contributed by atoms with E-state index in [2.05, 4.69) is 9.71 Å². The molecule has 0 bridgehead atoms. The van der Waals surface area contributed by atoms with Crippen LogP contribution in [0.15, 0.2) is 51.8 Å². The number of carbonyl (C=O) groups is 1. The van der Waals surface area contributed by atoms with Crippen molar-refractivity contribution in [2.75, 3.05) is 11.4 Å². The molecule has 8 heteroatoms. The third-order valence-electron chi connectivity index (χ3n) is 4.25. The number of hydrogen-bond donors (Lipinski definition) is 1. The molecule has 1 amide bonds. The standard InChI is InChI=1S/C19H20ClN3O3S/c1-3-10-23-13(2)22-27(25,26)18-11-15(6-9-17(18)23)19(24)21-12-14-4-7-16(20)8-5-14/h4-9,11H,3,10,12H2,1-2H3,(H,21,24). The van der Waals surface area contributed by atoms with Crippen molar-refractivity contribution in [1.29, 1.82) is 0 Å². The molecular formula is C19H20ClN3O3S. The smallest absolute Gasteiger partial charge is 0.286 e. The number of fused-ring (bicyclic) bond motifs is 1.